The van der Waals surface area contributed by atoms with Crippen molar-refractivity contribution < 1.29 is 19.0 Å². The number of halogens is 1. The van der Waals surface area contributed by atoms with Crippen molar-refractivity contribution in [1.29, 1.82) is 0 Å². The Hall–Kier alpha value is -2.38. The Bertz CT molecular complexity index is 818. The molecule has 1 heterocycles. The second kappa shape index (κ2) is 10.2. The van der Waals surface area contributed by atoms with E-state index in [0.29, 0.717) is 12.4 Å². The molecule has 0 N–H and O–H groups in total. The van der Waals surface area contributed by atoms with Gasteiger partial charge in [-0.3, -0.25) is 4.99 Å². The Labute approximate surface area is 173 Å². The summed E-state index contributed by atoms with van der Waals surface area (Å²) in [6.07, 6.45) is 1.80. The highest BCUT2D eigenvalue weighted by Gasteiger charge is 2.10. The quantitative estimate of drug-likeness (QED) is 0.475. The lowest BCUT2D eigenvalue weighted by Gasteiger charge is -2.28. The lowest BCUT2D eigenvalue weighted by molar-refractivity contribution is -0.145. The van der Waals surface area contributed by atoms with Crippen LogP contribution in [0, 0.1) is 0 Å². The van der Waals surface area contributed by atoms with Crippen LogP contribution in [0.2, 0.25) is 0 Å². The molecule has 0 aliphatic carbocycles. The zero-order valence-electron chi connectivity index (χ0n) is 15.8. The number of nitrogens with zero attached hydrogens (tertiary/aromatic N) is 2. The Morgan fingerprint density at radius 1 is 1.21 bits per heavy atom. The Morgan fingerprint density at radius 3 is 2.64 bits per heavy atom. The van der Waals surface area contributed by atoms with E-state index in [1.807, 2.05) is 24.3 Å². The first-order valence-corrected chi connectivity index (χ1v) is 10.00. The predicted octanol–water partition coefficient (Wildman–Crippen LogP) is 3.98. The molecule has 1 aliphatic rings. The Kier molecular flexibility index (Phi) is 7.45. The molecule has 28 heavy (non-hydrogen) atoms. The minimum absolute atomic E-state index is 0.116. The number of benzene rings is 2. The van der Waals surface area contributed by atoms with E-state index in [9.17, 15) is 4.79 Å². The second-order valence-corrected chi connectivity index (χ2v) is 7.01. The van der Waals surface area contributed by atoms with Crippen LogP contribution in [-0.4, -0.2) is 51.7 Å². The number of ether oxygens (including phenoxy) is 3. The van der Waals surface area contributed by atoms with Crippen molar-refractivity contribution in [3.63, 3.8) is 0 Å². The average molecular weight is 447 g/mol. The number of carbonyl (C=O) groups excluding carboxylic acids is 1. The smallest absolute Gasteiger partial charge is 0.344 e. The van der Waals surface area contributed by atoms with E-state index < -0.39 is 0 Å². The van der Waals surface area contributed by atoms with E-state index in [4.69, 9.17) is 14.2 Å². The average Bonchev–Trinajstić information content (AvgIpc) is 2.73. The van der Waals surface area contributed by atoms with Gasteiger partial charge in [0.1, 0.15) is 5.75 Å². The Balaban J connectivity index is 1.59. The van der Waals surface area contributed by atoms with Crippen LogP contribution in [-0.2, 0) is 14.3 Å². The van der Waals surface area contributed by atoms with Crippen LogP contribution in [0.25, 0.3) is 0 Å². The standard InChI is InChI=1S/C21H23BrN2O4/c1-2-27-21(25)15-28-20-8-3-16(13-19(20)22)14-23-17-4-6-18(7-5-17)24-9-11-26-12-10-24/h3-8,13-14H,2,9-12,15H2,1H3. The molecule has 148 valence electrons. The summed E-state index contributed by atoms with van der Waals surface area (Å²) >= 11 is 3.46. The van der Waals surface area contributed by atoms with Crippen molar-refractivity contribution in [2.45, 2.75) is 6.92 Å². The highest BCUT2D eigenvalue weighted by Crippen LogP contribution is 2.26. The number of hydrogen-bond acceptors (Lipinski definition) is 6. The number of esters is 1. The maximum absolute atomic E-state index is 11.4. The third-order valence-electron chi connectivity index (χ3n) is 4.20. The molecule has 2 aromatic rings. The highest BCUT2D eigenvalue weighted by molar-refractivity contribution is 9.10. The maximum atomic E-state index is 11.4. The van der Waals surface area contributed by atoms with Crippen LogP contribution in [0.4, 0.5) is 11.4 Å². The van der Waals surface area contributed by atoms with Gasteiger partial charge in [-0.1, -0.05) is 0 Å². The van der Waals surface area contributed by atoms with E-state index in [1.165, 1.54) is 5.69 Å². The summed E-state index contributed by atoms with van der Waals surface area (Å²) in [5, 5.41) is 0. The zero-order valence-corrected chi connectivity index (χ0v) is 17.4. The van der Waals surface area contributed by atoms with Gasteiger partial charge in [-0.05, 0) is 70.9 Å². The fourth-order valence-electron chi connectivity index (χ4n) is 2.77. The summed E-state index contributed by atoms with van der Waals surface area (Å²) in [5.74, 6) is 0.195. The number of carbonyl (C=O) groups is 1. The van der Waals surface area contributed by atoms with Crippen LogP contribution in [0.5, 0.6) is 5.75 Å². The van der Waals surface area contributed by atoms with Crippen LogP contribution >= 0.6 is 15.9 Å². The van der Waals surface area contributed by atoms with Crippen molar-refractivity contribution in [3.05, 3.63) is 52.5 Å². The van der Waals surface area contributed by atoms with Crippen LogP contribution < -0.4 is 9.64 Å². The van der Waals surface area contributed by atoms with Crippen LogP contribution in [0.1, 0.15) is 12.5 Å². The highest BCUT2D eigenvalue weighted by atomic mass is 79.9. The SMILES string of the molecule is CCOC(=O)COc1ccc(C=Nc2ccc(N3CCOCC3)cc2)cc1Br. The van der Waals surface area contributed by atoms with Gasteiger partial charge >= 0.3 is 5.97 Å². The molecule has 7 heteroatoms. The minimum Gasteiger partial charge on any atom is -0.481 e. The van der Waals surface area contributed by atoms with E-state index >= 15 is 0 Å². The molecule has 2 aromatic carbocycles. The summed E-state index contributed by atoms with van der Waals surface area (Å²) in [6, 6.07) is 13.8. The van der Waals surface area contributed by atoms with E-state index in [-0.39, 0.29) is 12.6 Å². The number of anilines is 1. The van der Waals surface area contributed by atoms with E-state index in [0.717, 1.165) is 42.0 Å². The van der Waals surface area contributed by atoms with Crippen molar-refractivity contribution >= 4 is 39.5 Å². The first-order chi connectivity index (χ1) is 13.7. The molecule has 3 rings (SSSR count). The molecular formula is C21H23BrN2O4. The molecule has 0 spiro atoms. The monoisotopic (exact) mass is 446 g/mol. The normalized spacial score (nSPS) is 14.3. The topological polar surface area (TPSA) is 60.4 Å². The molecule has 6 nitrogen and oxygen atoms in total. The van der Waals surface area contributed by atoms with E-state index in [2.05, 4.69) is 38.0 Å². The number of rotatable bonds is 7. The van der Waals surface area contributed by atoms with Crippen molar-refractivity contribution in [1.82, 2.24) is 0 Å². The van der Waals surface area contributed by atoms with Gasteiger partial charge in [-0.15, -0.1) is 0 Å². The molecule has 0 aromatic heterocycles. The Morgan fingerprint density at radius 2 is 1.96 bits per heavy atom. The van der Waals surface area contributed by atoms with Crippen LogP contribution in [0.3, 0.4) is 0 Å². The molecule has 0 amide bonds. The van der Waals surface area contributed by atoms with Crippen molar-refractivity contribution in [3.8, 4) is 5.75 Å². The molecular weight excluding hydrogens is 424 g/mol. The van der Waals surface area contributed by atoms with Crippen molar-refractivity contribution in [2.75, 3.05) is 44.4 Å². The van der Waals surface area contributed by atoms with Gasteiger partial charge in [0, 0.05) is 25.0 Å². The third kappa shape index (κ3) is 5.81. The maximum Gasteiger partial charge on any atom is 0.344 e. The van der Waals surface area contributed by atoms with Gasteiger partial charge in [0.05, 0.1) is 30.0 Å². The lowest BCUT2D eigenvalue weighted by atomic mass is 10.2. The predicted molar refractivity (Wildman–Crippen MR) is 113 cm³/mol. The van der Waals surface area contributed by atoms with Gasteiger partial charge in [0.2, 0.25) is 0 Å². The summed E-state index contributed by atoms with van der Waals surface area (Å²) in [6.45, 7) is 5.37. The van der Waals surface area contributed by atoms with E-state index in [1.54, 1.807) is 19.2 Å². The van der Waals surface area contributed by atoms with Gasteiger partial charge in [0.15, 0.2) is 6.61 Å². The second-order valence-electron chi connectivity index (χ2n) is 6.16. The molecule has 0 bridgehead atoms. The van der Waals surface area contributed by atoms with Gasteiger partial charge < -0.3 is 19.1 Å². The molecule has 0 saturated carbocycles. The largest absolute Gasteiger partial charge is 0.481 e. The molecule has 1 aliphatic heterocycles. The molecule has 1 fully saturated rings. The zero-order chi connectivity index (χ0) is 19.8. The molecule has 1 saturated heterocycles. The summed E-state index contributed by atoms with van der Waals surface area (Å²) in [4.78, 5) is 18.2. The van der Waals surface area contributed by atoms with Gasteiger partial charge in [-0.2, -0.15) is 0 Å². The van der Waals surface area contributed by atoms with Crippen molar-refractivity contribution in [2.24, 2.45) is 4.99 Å². The van der Waals surface area contributed by atoms with Gasteiger partial charge in [0.25, 0.3) is 0 Å². The molecule has 0 radical (unpaired) electrons. The summed E-state index contributed by atoms with van der Waals surface area (Å²) in [5.41, 5.74) is 3.00. The fraction of sp³-hybridized carbons (Fsp3) is 0.333. The fourth-order valence-corrected chi connectivity index (χ4v) is 3.28. The first-order valence-electron chi connectivity index (χ1n) is 9.20. The molecule has 0 atom stereocenters. The first kappa shape index (κ1) is 20.4. The number of hydrogen-bond donors (Lipinski definition) is 0. The lowest BCUT2D eigenvalue weighted by Crippen LogP contribution is -2.36. The summed E-state index contributed by atoms with van der Waals surface area (Å²) < 4.78 is 16.5. The minimum atomic E-state index is -0.388. The number of morpholine rings is 1. The summed E-state index contributed by atoms with van der Waals surface area (Å²) in [7, 11) is 0. The molecule has 0 unspecified atom stereocenters. The third-order valence-corrected chi connectivity index (χ3v) is 4.82. The van der Waals surface area contributed by atoms with Crippen LogP contribution in [0.15, 0.2) is 51.9 Å². The van der Waals surface area contributed by atoms with Gasteiger partial charge in [-0.25, -0.2) is 4.79 Å². The number of aliphatic imine (C=N–C) groups is 1.